The number of amides is 1. The van der Waals surface area contributed by atoms with E-state index in [-0.39, 0.29) is 35.7 Å². The van der Waals surface area contributed by atoms with Crippen molar-refractivity contribution in [3.63, 3.8) is 0 Å². The second kappa shape index (κ2) is 10.4. The number of nitrogens with one attached hydrogen (secondary N) is 1. The van der Waals surface area contributed by atoms with Gasteiger partial charge in [-0.05, 0) is 68.7 Å². The molecule has 1 aromatic rings. The van der Waals surface area contributed by atoms with Gasteiger partial charge < -0.3 is 10.2 Å². The summed E-state index contributed by atoms with van der Waals surface area (Å²) in [6, 6.07) is 5.31. The molecule has 0 bridgehead atoms. The summed E-state index contributed by atoms with van der Waals surface area (Å²) in [4.78, 5) is 14.9. The molecule has 1 amide bonds. The number of alkyl halides is 3. The summed E-state index contributed by atoms with van der Waals surface area (Å²) >= 11 is 0. The number of rotatable bonds is 7. The standard InChI is InChI=1S/C25H35F3N2O3S/c1-16(2)29-22-8-9-23(20(13-22)15-34(32,33)17(3)4)30-11-10-19(14-24(30)31)18-6-5-7-21(12-18)25(26,27)28/h5-7,12,14,16-17,20,22-23,29H,8-11,13,15H2,1-4H3/t20-,22-,23+/m0/s1. The Bertz CT molecular complexity index is 1020. The molecule has 190 valence electrons. The third-order valence-electron chi connectivity index (χ3n) is 6.84. The first kappa shape index (κ1) is 26.7. The highest BCUT2D eigenvalue weighted by molar-refractivity contribution is 7.91. The predicted molar refractivity (Wildman–Crippen MR) is 128 cm³/mol. The minimum absolute atomic E-state index is 0.0274. The van der Waals surface area contributed by atoms with Crippen molar-refractivity contribution >= 4 is 21.3 Å². The first-order valence-corrected chi connectivity index (χ1v) is 13.7. The Hall–Kier alpha value is -1.87. The van der Waals surface area contributed by atoms with Crippen LogP contribution in [-0.2, 0) is 20.8 Å². The maximum absolute atomic E-state index is 13.1. The number of hydrogen-bond acceptors (Lipinski definition) is 4. The van der Waals surface area contributed by atoms with E-state index in [1.54, 1.807) is 24.8 Å². The van der Waals surface area contributed by atoms with Crippen LogP contribution in [0.3, 0.4) is 0 Å². The minimum Gasteiger partial charge on any atom is -0.336 e. The summed E-state index contributed by atoms with van der Waals surface area (Å²) in [6.07, 6.45) is -0.385. The van der Waals surface area contributed by atoms with Crippen LogP contribution >= 0.6 is 0 Å². The van der Waals surface area contributed by atoms with Gasteiger partial charge in [0.05, 0.1) is 16.6 Å². The normalized spacial score (nSPS) is 24.6. The molecular formula is C25H35F3N2O3S. The van der Waals surface area contributed by atoms with Crippen LogP contribution < -0.4 is 5.32 Å². The van der Waals surface area contributed by atoms with Crippen LogP contribution in [0, 0.1) is 5.92 Å². The van der Waals surface area contributed by atoms with E-state index in [2.05, 4.69) is 19.2 Å². The average molecular weight is 501 g/mol. The molecule has 1 aromatic carbocycles. The molecule has 3 rings (SSSR count). The topological polar surface area (TPSA) is 66.5 Å². The van der Waals surface area contributed by atoms with Gasteiger partial charge in [-0.25, -0.2) is 8.42 Å². The Morgan fingerprint density at radius 3 is 2.44 bits per heavy atom. The maximum atomic E-state index is 13.1. The van der Waals surface area contributed by atoms with Crippen molar-refractivity contribution in [3.8, 4) is 0 Å². The van der Waals surface area contributed by atoms with E-state index in [0.717, 1.165) is 18.6 Å². The molecule has 0 saturated heterocycles. The third-order valence-corrected chi connectivity index (χ3v) is 9.17. The van der Waals surface area contributed by atoms with E-state index in [4.69, 9.17) is 0 Å². The summed E-state index contributed by atoms with van der Waals surface area (Å²) in [7, 11) is -3.30. The zero-order valence-corrected chi connectivity index (χ0v) is 21.0. The van der Waals surface area contributed by atoms with Crippen molar-refractivity contribution in [2.75, 3.05) is 12.3 Å². The Morgan fingerprint density at radius 2 is 1.85 bits per heavy atom. The molecule has 1 N–H and O–H groups in total. The quantitative estimate of drug-likeness (QED) is 0.591. The molecule has 34 heavy (non-hydrogen) atoms. The average Bonchev–Trinajstić information content (AvgIpc) is 2.73. The van der Waals surface area contributed by atoms with Gasteiger partial charge in [0, 0.05) is 30.7 Å². The number of benzene rings is 1. The number of sulfone groups is 1. The first-order valence-electron chi connectivity index (χ1n) is 11.9. The molecule has 1 saturated carbocycles. The van der Waals surface area contributed by atoms with E-state index in [9.17, 15) is 26.4 Å². The third kappa shape index (κ3) is 6.42. The lowest BCUT2D eigenvalue weighted by molar-refractivity contribution is -0.137. The highest BCUT2D eigenvalue weighted by atomic mass is 32.2. The summed E-state index contributed by atoms with van der Waals surface area (Å²) in [6.45, 7) is 7.83. The number of carbonyl (C=O) groups excluding carboxylic acids is 1. The van der Waals surface area contributed by atoms with Gasteiger partial charge in [-0.15, -0.1) is 0 Å². The second-order valence-electron chi connectivity index (χ2n) is 10.1. The molecule has 5 nitrogen and oxygen atoms in total. The number of halogens is 3. The van der Waals surface area contributed by atoms with Crippen molar-refractivity contribution < 1.29 is 26.4 Å². The summed E-state index contributed by atoms with van der Waals surface area (Å²) < 4.78 is 64.9. The minimum atomic E-state index is -4.45. The Kier molecular flexibility index (Phi) is 8.18. The lowest BCUT2D eigenvalue weighted by Gasteiger charge is -2.44. The zero-order valence-electron chi connectivity index (χ0n) is 20.2. The van der Waals surface area contributed by atoms with Gasteiger partial charge in [-0.1, -0.05) is 26.0 Å². The fourth-order valence-electron chi connectivity index (χ4n) is 5.06. The largest absolute Gasteiger partial charge is 0.416 e. The van der Waals surface area contributed by atoms with Crippen molar-refractivity contribution in [1.82, 2.24) is 10.2 Å². The molecule has 2 aliphatic rings. The number of carbonyl (C=O) groups is 1. The Balaban J connectivity index is 1.82. The van der Waals surface area contributed by atoms with Gasteiger partial charge in [0.15, 0.2) is 9.84 Å². The first-order chi connectivity index (χ1) is 15.8. The second-order valence-corrected chi connectivity index (χ2v) is 12.7. The van der Waals surface area contributed by atoms with Crippen LogP contribution in [0.25, 0.3) is 5.57 Å². The summed E-state index contributed by atoms with van der Waals surface area (Å²) in [5.41, 5.74) is 0.233. The Morgan fingerprint density at radius 1 is 1.15 bits per heavy atom. The monoisotopic (exact) mass is 500 g/mol. The SMILES string of the molecule is CC(C)N[C@H]1CC[C@@H](N2CCC(c3cccc(C(F)(F)F)c3)=CC2=O)[C@H](CS(=O)(=O)C(C)C)C1. The van der Waals surface area contributed by atoms with Crippen LogP contribution in [0.4, 0.5) is 13.2 Å². The van der Waals surface area contributed by atoms with Crippen LogP contribution in [0.2, 0.25) is 0 Å². The van der Waals surface area contributed by atoms with Crippen LogP contribution in [-0.4, -0.2) is 54.9 Å². The fourth-order valence-corrected chi connectivity index (χ4v) is 6.40. The molecule has 9 heteroatoms. The van der Waals surface area contributed by atoms with E-state index in [1.807, 2.05) is 0 Å². The molecule has 1 aliphatic carbocycles. The van der Waals surface area contributed by atoms with Crippen molar-refractivity contribution in [3.05, 3.63) is 41.5 Å². The lowest BCUT2D eigenvalue weighted by atomic mass is 9.80. The van der Waals surface area contributed by atoms with Crippen molar-refractivity contribution in [2.45, 2.75) is 82.9 Å². The van der Waals surface area contributed by atoms with Gasteiger partial charge in [-0.2, -0.15) is 13.2 Å². The molecule has 3 atom stereocenters. The Labute approximate surface area is 200 Å². The van der Waals surface area contributed by atoms with Crippen molar-refractivity contribution in [1.29, 1.82) is 0 Å². The predicted octanol–water partition coefficient (Wildman–Crippen LogP) is 4.68. The van der Waals surface area contributed by atoms with E-state index < -0.39 is 26.8 Å². The molecule has 1 fully saturated rings. The van der Waals surface area contributed by atoms with Crippen LogP contribution in [0.1, 0.15) is 64.5 Å². The van der Waals surface area contributed by atoms with E-state index in [1.165, 1.54) is 12.1 Å². The number of nitrogens with zero attached hydrogens (tertiary/aromatic N) is 1. The molecule has 0 aromatic heterocycles. The molecule has 0 spiro atoms. The van der Waals surface area contributed by atoms with E-state index >= 15 is 0 Å². The molecule has 1 heterocycles. The van der Waals surface area contributed by atoms with Crippen LogP contribution in [0.15, 0.2) is 30.3 Å². The molecule has 0 unspecified atom stereocenters. The molecule has 0 radical (unpaired) electrons. The summed E-state index contributed by atoms with van der Waals surface area (Å²) in [5, 5.41) is 3.02. The highest BCUT2D eigenvalue weighted by Gasteiger charge is 2.40. The van der Waals surface area contributed by atoms with Gasteiger partial charge >= 0.3 is 6.18 Å². The smallest absolute Gasteiger partial charge is 0.336 e. The van der Waals surface area contributed by atoms with Crippen LogP contribution in [0.5, 0.6) is 0 Å². The maximum Gasteiger partial charge on any atom is 0.416 e. The number of hydrogen-bond donors (Lipinski definition) is 1. The molecule has 1 aliphatic heterocycles. The van der Waals surface area contributed by atoms with Gasteiger partial charge in [0.1, 0.15) is 0 Å². The van der Waals surface area contributed by atoms with E-state index in [0.29, 0.717) is 36.9 Å². The van der Waals surface area contributed by atoms with Gasteiger partial charge in [-0.3, -0.25) is 4.79 Å². The fraction of sp³-hybridized carbons (Fsp3) is 0.640. The zero-order chi connectivity index (χ0) is 25.3. The van der Waals surface area contributed by atoms with Crippen molar-refractivity contribution in [2.24, 2.45) is 5.92 Å². The summed E-state index contributed by atoms with van der Waals surface area (Å²) in [5.74, 6) is -0.421. The van der Waals surface area contributed by atoms with Gasteiger partial charge in [0.25, 0.3) is 0 Å². The molecular weight excluding hydrogens is 465 g/mol. The highest BCUT2D eigenvalue weighted by Crippen LogP contribution is 2.36. The van der Waals surface area contributed by atoms with Gasteiger partial charge in [0.2, 0.25) is 5.91 Å². The lowest BCUT2D eigenvalue weighted by Crippen LogP contribution is -2.53.